The molecule has 138 valence electrons. The number of phenols is 1. The number of fused-ring (bicyclic) bond motifs is 1. The number of hydrogen-bond donors (Lipinski definition) is 4. The number of hydrogen-bond acceptors (Lipinski definition) is 6. The number of nitrogens with one attached hydrogen (secondary N) is 1. The van der Waals surface area contributed by atoms with E-state index in [1.165, 1.54) is 40.9 Å². The number of phenolic OH excluding ortho intramolecular Hbond substituents is 1. The molecule has 0 radical (unpaired) electrons. The lowest BCUT2D eigenvalue weighted by Crippen LogP contribution is -2.71. The third-order valence-electron chi connectivity index (χ3n) is 4.24. The number of rotatable bonds is 5. The Morgan fingerprint density at radius 1 is 1.38 bits per heavy atom. The second kappa shape index (κ2) is 7.45. The highest BCUT2D eigenvalue weighted by molar-refractivity contribution is 14.1. The van der Waals surface area contributed by atoms with Crippen molar-refractivity contribution in [2.24, 2.45) is 5.73 Å². The number of aromatic hydroxyl groups is 1. The lowest BCUT2D eigenvalue weighted by molar-refractivity contribution is -0.150. The van der Waals surface area contributed by atoms with Crippen molar-refractivity contribution in [3.8, 4) is 5.75 Å². The predicted molar refractivity (Wildman–Crippen MR) is 104 cm³/mol. The van der Waals surface area contributed by atoms with Crippen molar-refractivity contribution in [2.45, 2.75) is 17.5 Å². The van der Waals surface area contributed by atoms with Crippen molar-refractivity contribution < 1.29 is 24.6 Å². The molecule has 2 aliphatic rings. The van der Waals surface area contributed by atoms with Gasteiger partial charge in [-0.1, -0.05) is 34.7 Å². The van der Waals surface area contributed by atoms with Gasteiger partial charge in [-0.3, -0.25) is 14.5 Å². The smallest absolute Gasteiger partial charge is 0.352 e. The minimum atomic E-state index is -1.14. The molecule has 0 bridgehead atoms. The molecule has 0 spiro atoms. The van der Waals surface area contributed by atoms with Crippen LogP contribution in [0.2, 0.25) is 0 Å². The van der Waals surface area contributed by atoms with Gasteiger partial charge in [0.05, 0.1) is 0 Å². The van der Waals surface area contributed by atoms with Crippen molar-refractivity contribution in [3.05, 3.63) is 41.1 Å². The van der Waals surface area contributed by atoms with E-state index in [-0.39, 0.29) is 11.4 Å². The molecule has 1 unspecified atom stereocenters. The van der Waals surface area contributed by atoms with Gasteiger partial charge in [-0.25, -0.2) is 4.79 Å². The van der Waals surface area contributed by atoms with Crippen LogP contribution in [0.4, 0.5) is 0 Å². The topological polar surface area (TPSA) is 133 Å². The van der Waals surface area contributed by atoms with Gasteiger partial charge in [-0.05, 0) is 23.3 Å². The van der Waals surface area contributed by atoms with E-state index >= 15 is 0 Å². The number of halogens is 1. The van der Waals surface area contributed by atoms with Crippen molar-refractivity contribution in [1.82, 2.24) is 10.2 Å². The van der Waals surface area contributed by atoms with E-state index < -0.39 is 35.2 Å². The Hall–Kier alpha value is -1.79. The first-order valence-electron chi connectivity index (χ1n) is 7.66. The maximum Gasteiger partial charge on any atom is 0.352 e. The monoisotopic (exact) mass is 489 g/mol. The van der Waals surface area contributed by atoms with Gasteiger partial charge in [-0.2, -0.15) is 0 Å². The second-order valence-corrected chi connectivity index (χ2v) is 7.72. The SMILES string of the molecule is N[C@@H](C(=O)NC1C(=O)N2C(C(=O)O)=C(CI)CS[C@H]12)c1ccc(O)cc1. The summed E-state index contributed by atoms with van der Waals surface area (Å²) in [6.45, 7) is 0. The Balaban J connectivity index is 1.72. The number of nitrogens with two attached hydrogens (primary N) is 1. The van der Waals surface area contributed by atoms with Crippen LogP contribution in [0.25, 0.3) is 0 Å². The van der Waals surface area contributed by atoms with Crippen LogP contribution >= 0.6 is 34.4 Å². The molecule has 0 saturated carbocycles. The summed E-state index contributed by atoms with van der Waals surface area (Å²) in [5.74, 6) is -1.57. The Morgan fingerprint density at radius 3 is 2.62 bits per heavy atom. The Bertz CT molecular complexity index is 798. The summed E-state index contributed by atoms with van der Waals surface area (Å²) in [6.07, 6.45) is 0. The van der Waals surface area contributed by atoms with Crippen molar-refractivity contribution >= 4 is 52.1 Å². The average Bonchev–Trinajstić information content (AvgIpc) is 2.64. The number of β-lactam (4-membered cyclic amide) rings is 1. The van der Waals surface area contributed by atoms with Crippen LogP contribution in [0, 0.1) is 0 Å². The van der Waals surface area contributed by atoms with E-state index in [1.54, 1.807) is 0 Å². The van der Waals surface area contributed by atoms with Crippen LogP contribution in [0.5, 0.6) is 5.75 Å². The molecule has 3 rings (SSSR count). The summed E-state index contributed by atoms with van der Waals surface area (Å²) in [7, 11) is 0. The van der Waals surface area contributed by atoms with E-state index in [4.69, 9.17) is 5.73 Å². The van der Waals surface area contributed by atoms with Gasteiger partial charge >= 0.3 is 5.97 Å². The van der Waals surface area contributed by atoms with Crippen molar-refractivity contribution in [2.75, 3.05) is 10.2 Å². The average molecular weight is 489 g/mol. The first kappa shape index (κ1) is 19.0. The van der Waals surface area contributed by atoms with E-state index in [2.05, 4.69) is 27.9 Å². The molecular formula is C16H16IN3O5S. The Labute approximate surface area is 166 Å². The van der Waals surface area contributed by atoms with E-state index in [1.807, 2.05) is 0 Å². The number of nitrogens with zero attached hydrogens (tertiary/aromatic N) is 1. The van der Waals surface area contributed by atoms with Gasteiger partial charge in [0.2, 0.25) is 5.91 Å². The molecule has 10 heteroatoms. The van der Waals surface area contributed by atoms with Crippen LogP contribution in [-0.4, -0.2) is 54.5 Å². The maximum atomic E-state index is 12.4. The van der Waals surface area contributed by atoms with Crippen LogP contribution in [0.1, 0.15) is 11.6 Å². The van der Waals surface area contributed by atoms with Gasteiger partial charge in [0.25, 0.3) is 5.91 Å². The summed E-state index contributed by atoms with van der Waals surface area (Å²) in [5.41, 5.74) is 7.13. The minimum absolute atomic E-state index is 0.0153. The molecule has 2 aliphatic heterocycles. The van der Waals surface area contributed by atoms with E-state index in [0.717, 1.165) is 0 Å². The fourth-order valence-electron chi connectivity index (χ4n) is 2.86. The van der Waals surface area contributed by atoms with Gasteiger partial charge in [-0.15, -0.1) is 11.8 Å². The highest BCUT2D eigenvalue weighted by Gasteiger charge is 2.54. The van der Waals surface area contributed by atoms with Crippen LogP contribution in [0.15, 0.2) is 35.5 Å². The number of carbonyl (C=O) groups is 3. The van der Waals surface area contributed by atoms with E-state index in [0.29, 0.717) is 21.3 Å². The number of alkyl halides is 1. The molecule has 8 nitrogen and oxygen atoms in total. The van der Waals surface area contributed by atoms with Crippen LogP contribution in [-0.2, 0) is 14.4 Å². The molecule has 1 saturated heterocycles. The molecule has 0 aliphatic carbocycles. The number of carbonyl (C=O) groups excluding carboxylic acids is 2. The third-order valence-corrected chi connectivity index (χ3v) is 6.50. The first-order chi connectivity index (χ1) is 12.3. The molecule has 2 heterocycles. The number of carboxylic acid groups (broad SMARTS) is 1. The van der Waals surface area contributed by atoms with Crippen LogP contribution in [0.3, 0.4) is 0 Å². The molecule has 0 aromatic heterocycles. The predicted octanol–water partition coefficient (Wildman–Crippen LogP) is 0.566. The minimum Gasteiger partial charge on any atom is -0.508 e. The second-order valence-electron chi connectivity index (χ2n) is 5.86. The summed E-state index contributed by atoms with van der Waals surface area (Å²) in [6, 6.07) is 4.10. The molecule has 1 aromatic rings. The molecule has 1 aromatic carbocycles. The fraction of sp³-hybridized carbons (Fsp3) is 0.312. The standard InChI is InChI=1S/C16H16IN3O5S/c17-5-8-6-26-15-11(14(23)20(15)12(8)16(24)25)19-13(22)10(18)7-1-3-9(21)4-2-7/h1-4,10-11,15,21H,5-6,18H2,(H,19,22)(H,24,25)/t10-,11?,15-/m1/s1. The fourth-order valence-corrected chi connectivity index (χ4v) is 5.21. The van der Waals surface area contributed by atoms with Gasteiger partial charge in [0, 0.05) is 10.2 Å². The largest absolute Gasteiger partial charge is 0.508 e. The summed E-state index contributed by atoms with van der Waals surface area (Å²) in [5, 5.41) is 20.9. The summed E-state index contributed by atoms with van der Waals surface area (Å²) >= 11 is 3.49. The lowest BCUT2D eigenvalue weighted by atomic mass is 10.0. The number of benzene rings is 1. The number of carboxylic acids is 1. The molecular weight excluding hydrogens is 473 g/mol. The Morgan fingerprint density at radius 2 is 2.04 bits per heavy atom. The normalized spacial score (nSPS) is 23.2. The summed E-state index contributed by atoms with van der Waals surface area (Å²) < 4.78 is 0.519. The molecule has 26 heavy (non-hydrogen) atoms. The zero-order valence-electron chi connectivity index (χ0n) is 13.4. The third kappa shape index (κ3) is 3.28. The highest BCUT2D eigenvalue weighted by atomic mass is 127. The number of thioether (sulfide) groups is 1. The van der Waals surface area contributed by atoms with E-state index in [9.17, 15) is 24.6 Å². The molecule has 2 amide bonds. The summed E-state index contributed by atoms with van der Waals surface area (Å²) in [4.78, 5) is 37.6. The number of aliphatic carboxylic acids is 1. The zero-order chi connectivity index (χ0) is 19.0. The highest BCUT2D eigenvalue weighted by Crippen LogP contribution is 2.40. The van der Waals surface area contributed by atoms with Gasteiger partial charge in [0.1, 0.15) is 28.9 Å². The van der Waals surface area contributed by atoms with Gasteiger partial charge in [0.15, 0.2) is 0 Å². The molecule has 5 N–H and O–H groups in total. The number of amides is 2. The van der Waals surface area contributed by atoms with Crippen molar-refractivity contribution in [3.63, 3.8) is 0 Å². The Kier molecular flexibility index (Phi) is 5.44. The van der Waals surface area contributed by atoms with Crippen LogP contribution < -0.4 is 11.1 Å². The first-order valence-corrected chi connectivity index (χ1v) is 10.2. The zero-order valence-corrected chi connectivity index (χ0v) is 16.4. The van der Waals surface area contributed by atoms with Gasteiger partial charge < -0.3 is 21.3 Å². The molecule has 1 fully saturated rings. The molecule has 3 atom stereocenters. The van der Waals surface area contributed by atoms with Crippen molar-refractivity contribution in [1.29, 1.82) is 0 Å². The lowest BCUT2D eigenvalue weighted by Gasteiger charge is -2.49. The maximum absolute atomic E-state index is 12.4. The quantitative estimate of drug-likeness (QED) is 0.270.